The minimum Gasteiger partial charge on any atom is -0.496 e. The Kier molecular flexibility index (Phi) is 3.87. The standard InChI is InChI=1S/C13H18BrNO/c1-16-12-7-6-10(8-11(12)14)13(15)9-4-2-3-5-9/h6-9,13H,2-5,15H2,1H3/t13-/m0/s1. The van der Waals surface area contributed by atoms with Gasteiger partial charge in [0.05, 0.1) is 11.6 Å². The van der Waals surface area contributed by atoms with E-state index in [0.717, 1.165) is 10.2 Å². The SMILES string of the molecule is COc1ccc([C@@H](N)C2CCCC2)cc1Br. The first-order chi connectivity index (χ1) is 7.72. The first kappa shape index (κ1) is 11.9. The van der Waals surface area contributed by atoms with Crippen LogP contribution in [-0.4, -0.2) is 7.11 Å². The average Bonchev–Trinajstić information content (AvgIpc) is 2.81. The third kappa shape index (κ3) is 2.41. The summed E-state index contributed by atoms with van der Waals surface area (Å²) < 4.78 is 6.20. The Bertz CT molecular complexity index is 361. The lowest BCUT2D eigenvalue weighted by atomic mass is 9.92. The van der Waals surface area contributed by atoms with Crippen LogP contribution in [0.4, 0.5) is 0 Å². The molecule has 0 aromatic heterocycles. The summed E-state index contributed by atoms with van der Waals surface area (Å²) in [6, 6.07) is 6.31. The van der Waals surface area contributed by atoms with Crippen LogP contribution in [0.1, 0.15) is 37.3 Å². The van der Waals surface area contributed by atoms with Crippen molar-refractivity contribution >= 4 is 15.9 Å². The lowest BCUT2D eigenvalue weighted by Crippen LogP contribution is -2.19. The first-order valence-corrected chi connectivity index (χ1v) is 6.60. The highest BCUT2D eigenvalue weighted by atomic mass is 79.9. The Balaban J connectivity index is 2.16. The van der Waals surface area contributed by atoms with Crippen LogP contribution in [0.2, 0.25) is 0 Å². The van der Waals surface area contributed by atoms with Crippen molar-refractivity contribution in [3.63, 3.8) is 0 Å². The summed E-state index contributed by atoms with van der Waals surface area (Å²) in [6.07, 6.45) is 5.20. The number of benzene rings is 1. The number of hydrogen-bond donors (Lipinski definition) is 1. The molecule has 0 bridgehead atoms. The van der Waals surface area contributed by atoms with Gasteiger partial charge in [0.2, 0.25) is 0 Å². The van der Waals surface area contributed by atoms with E-state index in [-0.39, 0.29) is 6.04 Å². The Labute approximate surface area is 105 Å². The third-order valence-electron chi connectivity index (χ3n) is 3.47. The van der Waals surface area contributed by atoms with Crippen LogP contribution < -0.4 is 10.5 Å². The monoisotopic (exact) mass is 283 g/mol. The van der Waals surface area contributed by atoms with Gasteiger partial charge in [-0.05, 0) is 52.4 Å². The van der Waals surface area contributed by atoms with E-state index in [9.17, 15) is 0 Å². The molecule has 1 atom stereocenters. The lowest BCUT2D eigenvalue weighted by Gasteiger charge is -2.19. The lowest BCUT2D eigenvalue weighted by molar-refractivity contribution is 0.410. The highest BCUT2D eigenvalue weighted by Crippen LogP contribution is 2.36. The van der Waals surface area contributed by atoms with Gasteiger partial charge in [-0.15, -0.1) is 0 Å². The molecule has 1 aromatic rings. The van der Waals surface area contributed by atoms with Gasteiger partial charge in [0, 0.05) is 6.04 Å². The van der Waals surface area contributed by atoms with Crippen molar-refractivity contribution in [1.82, 2.24) is 0 Å². The van der Waals surface area contributed by atoms with E-state index in [0.29, 0.717) is 5.92 Å². The molecule has 1 aliphatic rings. The molecule has 0 unspecified atom stereocenters. The Morgan fingerprint density at radius 3 is 2.62 bits per heavy atom. The molecule has 0 amide bonds. The Morgan fingerprint density at radius 1 is 1.38 bits per heavy atom. The van der Waals surface area contributed by atoms with Crippen LogP contribution in [0.25, 0.3) is 0 Å². The number of ether oxygens (including phenoxy) is 1. The molecular weight excluding hydrogens is 266 g/mol. The fourth-order valence-corrected chi connectivity index (χ4v) is 3.04. The van der Waals surface area contributed by atoms with Gasteiger partial charge in [0.25, 0.3) is 0 Å². The van der Waals surface area contributed by atoms with Gasteiger partial charge in [0.1, 0.15) is 5.75 Å². The van der Waals surface area contributed by atoms with Crippen molar-refractivity contribution in [2.24, 2.45) is 11.7 Å². The van der Waals surface area contributed by atoms with Gasteiger partial charge in [-0.1, -0.05) is 18.9 Å². The van der Waals surface area contributed by atoms with E-state index in [1.807, 2.05) is 6.07 Å². The molecule has 1 aromatic carbocycles. The summed E-state index contributed by atoms with van der Waals surface area (Å²) in [5.74, 6) is 1.52. The molecule has 0 radical (unpaired) electrons. The van der Waals surface area contributed by atoms with E-state index in [1.54, 1.807) is 7.11 Å². The highest BCUT2D eigenvalue weighted by Gasteiger charge is 2.23. The summed E-state index contributed by atoms with van der Waals surface area (Å²) in [6.45, 7) is 0. The number of halogens is 1. The molecule has 2 N–H and O–H groups in total. The van der Waals surface area contributed by atoms with Crippen molar-refractivity contribution in [2.45, 2.75) is 31.7 Å². The summed E-state index contributed by atoms with van der Waals surface area (Å²) in [5, 5.41) is 0. The van der Waals surface area contributed by atoms with Crippen LogP contribution in [0, 0.1) is 5.92 Å². The number of hydrogen-bond acceptors (Lipinski definition) is 2. The summed E-state index contributed by atoms with van der Waals surface area (Å²) in [5.41, 5.74) is 7.51. The fourth-order valence-electron chi connectivity index (χ4n) is 2.48. The molecule has 1 saturated carbocycles. The molecule has 88 valence electrons. The van der Waals surface area contributed by atoms with Crippen LogP contribution in [0.5, 0.6) is 5.75 Å². The maximum absolute atomic E-state index is 6.30. The van der Waals surface area contributed by atoms with Gasteiger partial charge in [-0.2, -0.15) is 0 Å². The highest BCUT2D eigenvalue weighted by molar-refractivity contribution is 9.10. The predicted molar refractivity (Wildman–Crippen MR) is 69.6 cm³/mol. The largest absolute Gasteiger partial charge is 0.496 e. The second kappa shape index (κ2) is 5.19. The Morgan fingerprint density at radius 2 is 2.06 bits per heavy atom. The van der Waals surface area contributed by atoms with E-state index >= 15 is 0 Å². The summed E-state index contributed by atoms with van der Waals surface area (Å²) >= 11 is 3.50. The quantitative estimate of drug-likeness (QED) is 0.919. The molecule has 1 fully saturated rings. The summed E-state index contributed by atoms with van der Waals surface area (Å²) in [7, 11) is 1.68. The minimum atomic E-state index is 0.171. The van der Waals surface area contributed by atoms with Gasteiger partial charge < -0.3 is 10.5 Å². The van der Waals surface area contributed by atoms with Crippen LogP contribution in [-0.2, 0) is 0 Å². The molecule has 3 heteroatoms. The maximum atomic E-state index is 6.30. The van der Waals surface area contributed by atoms with Gasteiger partial charge in [-0.3, -0.25) is 0 Å². The number of nitrogens with two attached hydrogens (primary N) is 1. The van der Waals surface area contributed by atoms with E-state index < -0.39 is 0 Å². The first-order valence-electron chi connectivity index (χ1n) is 5.81. The average molecular weight is 284 g/mol. The molecule has 0 heterocycles. The zero-order valence-electron chi connectivity index (χ0n) is 9.58. The molecule has 2 rings (SSSR count). The topological polar surface area (TPSA) is 35.2 Å². The van der Waals surface area contributed by atoms with Crippen molar-refractivity contribution in [2.75, 3.05) is 7.11 Å². The molecule has 16 heavy (non-hydrogen) atoms. The van der Waals surface area contributed by atoms with E-state index in [2.05, 4.69) is 28.1 Å². The van der Waals surface area contributed by atoms with Crippen molar-refractivity contribution in [1.29, 1.82) is 0 Å². The molecule has 2 nitrogen and oxygen atoms in total. The van der Waals surface area contributed by atoms with E-state index in [4.69, 9.17) is 10.5 Å². The van der Waals surface area contributed by atoms with Gasteiger partial charge >= 0.3 is 0 Å². The minimum absolute atomic E-state index is 0.171. The smallest absolute Gasteiger partial charge is 0.133 e. The second-order valence-electron chi connectivity index (χ2n) is 4.46. The fraction of sp³-hybridized carbons (Fsp3) is 0.538. The van der Waals surface area contributed by atoms with Crippen LogP contribution in [0.15, 0.2) is 22.7 Å². The Hall–Kier alpha value is -0.540. The van der Waals surface area contributed by atoms with E-state index in [1.165, 1.54) is 31.2 Å². The van der Waals surface area contributed by atoms with Crippen molar-refractivity contribution < 1.29 is 4.74 Å². The maximum Gasteiger partial charge on any atom is 0.133 e. The second-order valence-corrected chi connectivity index (χ2v) is 5.32. The summed E-state index contributed by atoms with van der Waals surface area (Å²) in [4.78, 5) is 0. The molecule has 0 spiro atoms. The normalized spacial score (nSPS) is 18.7. The third-order valence-corrected chi connectivity index (χ3v) is 4.09. The van der Waals surface area contributed by atoms with Gasteiger partial charge in [0.15, 0.2) is 0 Å². The molecular formula is C13H18BrNO. The zero-order valence-corrected chi connectivity index (χ0v) is 11.2. The van der Waals surface area contributed by atoms with Gasteiger partial charge in [-0.25, -0.2) is 0 Å². The van der Waals surface area contributed by atoms with Crippen LogP contribution in [0.3, 0.4) is 0 Å². The number of methoxy groups -OCH3 is 1. The van der Waals surface area contributed by atoms with Crippen molar-refractivity contribution in [3.05, 3.63) is 28.2 Å². The zero-order chi connectivity index (χ0) is 11.5. The number of rotatable bonds is 3. The molecule has 0 aliphatic heterocycles. The van der Waals surface area contributed by atoms with Crippen LogP contribution >= 0.6 is 15.9 Å². The predicted octanol–water partition coefficient (Wildman–Crippen LogP) is 3.65. The molecule has 0 saturated heterocycles. The molecule has 1 aliphatic carbocycles. The van der Waals surface area contributed by atoms with Crippen molar-refractivity contribution in [3.8, 4) is 5.75 Å².